The number of hydrogen-bond donors (Lipinski definition) is 2. The van der Waals surface area contributed by atoms with Gasteiger partial charge in [0.05, 0.1) is 11.3 Å². The quantitative estimate of drug-likeness (QED) is 0.816. The predicted octanol–water partition coefficient (Wildman–Crippen LogP) is 2.96. The molecule has 1 aromatic carbocycles. The average molecular weight is 358 g/mol. The minimum absolute atomic E-state index is 0.0512. The van der Waals surface area contributed by atoms with Crippen LogP contribution in [-0.2, 0) is 6.18 Å². The van der Waals surface area contributed by atoms with Crippen LogP contribution in [0.4, 0.5) is 24.9 Å². The number of hydrogen-bond acceptors (Lipinski definition) is 5. The third kappa shape index (κ3) is 2.90. The molecular weight excluding hydrogens is 351 g/mol. The van der Waals surface area contributed by atoms with Gasteiger partial charge in [-0.1, -0.05) is 22.0 Å². The van der Waals surface area contributed by atoms with Crippen molar-refractivity contribution in [2.75, 3.05) is 11.5 Å². The van der Waals surface area contributed by atoms with Crippen molar-refractivity contribution in [3.63, 3.8) is 0 Å². The topological polar surface area (TPSA) is 102 Å². The summed E-state index contributed by atoms with van der Waals surface area (Å²) in [4.78, 5) is 7.52. The molecule has 5 nitrogen and oxygen atoms in total. The molecular formula is C12H7BrF3N5. The van der Waals surface area contributed by atoms with Crippen LogP contribution in [0.1, 0.15) is 11.1 Å². The van der Waals surface area contributed by atoms with Crippen molar-refractivity contribution < 1.29 is 13.2 Å². The van der Waals surface area contributed by atoms with E-state index in [9.17, 15) is 13.2 Å². The maximum atomic E-state index is 12.6. The fourth-order valence-electron chi connectivity index (χ4n) is 1.68. The number of nitrogens with two attached hydrogens (primary N) is 2. The monoisotopic (exact) mass is 357 g/mol. The third-order valence-electron chi connectivity index (χ3n) is 2.62. The molecule has 0 fully saturated rings. The van der Waals surface area contributed by atoms with Crippen molar-refractivity contribution in [2.24, 2.45) is 0 Å². The maximum absolute atomic E-state index is 12.6. The normalized spacial score (nSPS) is 11.2. The van der Waals surface area contributed by atoms with Crippen molar-refractivity contribution >= 4 is 27.7 Å². The second-order valence-electron chi connectivity index (χ2n) is 3.99. The van der Waals surface area contributed by atoms with Crippen LogP contribution in [0.3, 0.4) is 0 Å². The van der Waals surface area contributed by atoms with Gasteiger partial charge in [0.25, 0.3) is 0 Å². The molecule has 0 amide bonds. The largest absolute Gasteiger partial charge is 0.416 e. The Hall–Kier alpha value is -2.34. The number of nitrogen functional groups attached to an aromatic ring is 2. The van der Waals surface area contributed by atoms with Crippen molar-refractivity contribution in [1.29, 1.82) is 5.26 Å². The Labute approximate surface area is 125 Å². The van der Waals surface area contributed by atoms with E-state index in [-0.39, 0.29) is 33.1 Å². The summed E-state index contributed by atoms with van der Waals surface area (Å²) >= 11 is 3.04. The second kappa shape index (κ2) is 5.21. The number of benzene rings is 1. The molecule has 0 radical (unpaired) electrons. The molecule has 2 rings (SSSR count). The van der Waals surface area contributed by atoms with Gasteiger partial charge < -0.3 is 11.5 Å². The first-order valence-corrected chi connectivity index (χ1v) is 6.23. The number of nitriles is 1. The Morgan fingerprint density at radius 2 is 1.86 bits per heavy atom. The van der Waals surface area contributed by atoms with E-state index in [1.165, 1.54) is 6.07 Å². The highest BCUT2D eigenvalue weighted by molar-refractivity contribution is 9.10. The SMILES string of the molecule is N#Cc1c(N)nc(N)nc1-c1ccc(C(F)(F)F)cc1Br. The van der Waals surface area contributed by atoms with Crippen LogP contribution in [0.15, 0.2) is 22.7 Å². The molecule has 0 saturated heterocycles. The van der Waals surface area contributed by atoms with Gasteiger partial charge in [-0.3, -0.25) is 0 Å². The fraction of sp³-hybridized carbons (Fsp3) is 0.0833. The summed E-state index contributed by atoms with van der Waals surface area (Å²) < 4.78 is 38.0. The number of halogens is 4. The lowest BCUT2D eigenvalue weighted by Gasteiger charge is -2.11. The van der Waals surface area contributed by atoms with E-state index in [4.69, 9.17) is 16.7 Å². The van der Waals surface area contributed by atoms with Crippen LogP contribution in [0.25, 0.3) is 11.3 Å². The number of nitrogens with zero attached hydrogens (tertiary/aromatic N) is 3. The number of aromatic nitrogens is 2. The van der Waals surface area contributed by atoms with Gasteiger partial charge in [0, 0.05) is 10.0 Å². The third-order valence-corrected chi connectivity index (χ3v) is 3.27. The average Bonchev–Trinajstić information content (AvgIpc) is 2.36. The summed E-state index contributed by atoms with van der Waals surface area (Å²) in [5, 5.41) is 9.08. The van der Waals surface area contributed by atoms with Gasteiger partial charge in [0.1, 0.15) is 17.5 Å². The lowest BCUT2D eigenvalue weighted by atomic mass is 10.0. The first-order valence-electron chi connectivity index (χ1n) is 5.44. The van der Waals surface area contributed by atoms with Crippen LogP contribution in [0.2, 0.25) is 0 Å². The van der Waals surface area contributed by atoms with Crippen LogP contribution in [0, 0.1) is 11.3 Å². The minimum Gasteiger partial charge on any atom is -0.382 e. The van der Waals surface area contributed by atoms with E-state index in [2.05, 4.69) is 25.9 Å². The zero-order valence-corrected chi connectivity index (χ0v) is 11.8. The highest BCUT2D eigenvalue weighted by atomic mass is 79.9. The molecule has 0 saturated carbocycles. The first-order chi connectivity index (χ1) is 9.74. The molecule has 108 valence electrons. The number of alkyl halides is 3. The Morgan fingerprint density at radius 1 is 1.19 bits per heavy atom. The molecule has 0 aliphatic carbocycles. The van der Waals surface area contributed by atoms with E-state index in [1.807, 2.05) is 6.07 Å². The molecule has 1 aromatic heterocycles. The standard InChI is InChI=1S/C12H7BrF3N5/c13-8-3-5(12(14,15)16)1-2-6(8)9-7(4-17)10(18)21-11(19)20-9/h1-3H,(H4,18,19,20,21). The Balaban J connectivity index is 2.67. The van der Waals surface area contributed by atoms with Crippen molar-refractivity contribution in [2.45, 2.75) is 6.18 Å². The zero-order valence-electron chi connectivity index (χ0n) is 10.2. The van der Waals surface area contributed by atoms with E-state index in [0.29, 0.717) is 0 Å². The van der Waals surface area contributed by atoms with E-state index in [1.54, 1.807) is 0 Å². The van der Waals surface area contributed by atoms with Gasteiger partial charge in [-0.15, -0.1) is 0 Å². The summed E-state index contributed by atoms with van der Waals surface area (Å²) in [7, 11) is 0. The van der Waals surface area contributed by atoms with Crippen molar-refractivity contribution in [1.82, 2.24) is 9.97 Å². The molecule has 0 bridgehead atoms. The molecule has 0 aliphatic rings. The molecule has 0 atom stereocenters. The molecule has 2 aromatic rings. The molecule has 4 N–H and O–H groups in total. The molecule has 0 spiro atoms. The van der Waals surface area contributed by atoms with Crippen LogP contribution >= 0.6 is 15.9 Å². The molecule has 1 heterocycles. The zero-order chi connectivity index (χ0) is 15.8. The molecule has 9 heteroatoms. The Morgan fingerprint density at radius 3 is 2.38 bits per heavy atom. The van der Waals surface area contributed by atoms with E-state index < -0.39 is 11.7 Å². The van der Waals surface area contributed by atoms with Gasteiger partial charge >= 0.3 is 6.18 Å². The first kappa shape index (κ1) is 15.1. The van der Waals surface area contributed by atoms with Gasteiger partial charge in [0.2, 0.25) is 5.95 Å². The second-order valence-corrected chi connectivity index (χ2v) is 4.85. The summed E-state index contributed by atoms with van der Waals surface area (Å²) in [5.74, 6) is -0.305. The minimum atomic E-state index is -4.47. The van der Waals surface area contributed by atoms with Crippen molar-refractivity contribution in [3.05, 3.63) is 33.8 Å². The molecule has 0 unspecified atom stereocenters. The van der Waals surface area contributed by atoms with Crippen LogP contribution < -0.4 is 11.5 Å². The van der Waals surface area contributed by atoms with Crippen molar-refractivity contribution in [3.8, 4) is 17.3 Å². The predicted molar refractivity (Wildman–Crippen MR) is 73.7 cm³/mol. The summed E-state index contributed by atoms with van der Waals surface area (Å²) in [5.41, 5.74) is 10.5. The smallest absolute Gasteiger partial charge is 0.382 e. The summed E-state index contributed by atoms with van der Waals surface area (Å²) in [6.45, 7) is 0. The van der Waals surface area contributed by atoms with Gasteiger partial charge in [-0.05, 0) is 12.1 Å². The molecule has 21 heavy (non-hydrogen) atoms. The van der Waals surface area contributed by atoms with E-state index in [0.717, 1.165) is 12.1 Å². The van der Waals surface area contributed by atoms with Gasteiger partial charge in [0.15, 0.2) is 0 Å². The lowest BCUT2D eigenvalue weighted by Crippen LogP contribution is -2.07. The van der Waals surface area contributed by atoms with Gasteiger partial charge in [-0.25, -0.2) is 4.98 Å². The molecule has 0 aliphatic heterocycles. The Kier molecular flexibility index (Phi) is 3.74. The lowest BCUT2D eigenvalue weighted by molar-refractivity contribution is -0.137. The maximum Gasteiger partial charge on any atom is 0.416 e. The Bertz CT molecular complexity index is 752. The van der Waals surface area contributed by atoms with E-state index >= 15 is 0 Å². The number of rotatable bonds is 1. The summed E-state index contributed by atoms with van der Waals surface area (Å²) in [6, 6.07) is 4.78. The summed E-state index contributed by atoms with van der Waals surface area (Å²) in [6.07, 6.45) is -4.47. The van der Waals surface area contributed by atoms with Crippen LogP contribution in [-0.4, -0.2) is 9.97 Å². The van der Waals surface area contributed by atoms with Crippen LogP contribution in [0.5, 0.6) is 0 Å². The number of anilines is 2. The highest BCUT2D eigenvalue weighted by Crippen LogP contribution is 2.36. The van der Waals surface area contributed by atoms with Gasteiger partial charge in [-0.2, -0.15) is 23.4 Å². The highest BCUT2D eigenvalue weighted by Gasteiger charge is 2.31. The fourth-order valence-corrected chi connectivity index (χ4v) is 2.25.